The van der Waals surface area contributed by atoms with Gasteiger partial charge in [-0.25, -0.2) is 4.79 Å². The molecule has 6 heteroatoms. The second-order valence-electron chi connectivity index (χ2n) is 7.02. The van der Waals surface area contributed by atoms with Crippen LogP contribution in [0.1, 0.15) is 54.9 Å². The molecule has 6 nitrogen and oxygen atoms in total. The van der Waals surface area contributed by atoms with Crippen LogP contribution < -0.4 is 5.32 Å². The Labute approximate surface area is 126 Å². The number of ether oxygens (including phenoxy) is 1. The van der Waals surface area contributed by atoms with E-state index in [-0.39, 0.29) is 5.92 Å². The van der Waals surface area contributed by atoms with Gasteiger partial charge in [-0.15, -0.1) is 0 Å². The first kappa shape index (κ1) is 19.9. The van der Waals surface area contributed by atoms with Crippen LogP contribution in [0, 0.1) is 5.92 Å². The quantitative estimate of drug-likeness (QED) is 0.693. The Morgan fingerprint density at radius 3 is 1.95 bits per heavy atom. The summed E-state index contributed by atoms with van der Waals surface area (Å²) in [5.74, 6) is -0.504. The molecule has 3 N–H and O–H groups in total. The Kier molecular flexibility index (Phi) is 6.83. The van der Waals surface area contributed by atoms with E-state index in [0.29, 0.717) is 6.42 Å². The highest BCUT2D eigenvalue weighted by molar-refractivity contribution is 5.94. The van der Waals surface area contributed by atoms with E-state index in [2.05, 4.69) is 5.32 Å². The van der Waals surface area contributed by atoms with Crippen molar-refractivity contribution in [2.75, 3.05) is 0 Å². The van der Waals surface area contributed by atoms with Gasteiger partial charge in [0.2, 0.25) is 0 Å². The number of alkyl carbamates (subject to hydrolysis) is 1. The third-order valence-electron chi connectivity index (χ3n) is 3.03. The van der Waals surface area contributed by atoms with Crippen molar-refractivity contribution in [3.8, 4) is 0 Å². The van der Waals surface area contributed by atoms with Crippen molar-refractivity contribution in [3.63, 3.8) is 0 Å². The van der Waals surface area contributed by atoms with Crippen molar-refractivity contribution >= 4 is 11.9 Å². The molecule has 0 heterocycles. The number of rotatable bonds is 6. The fourth-order valence-corrected chi connectivity index (χ4v) is 1.71. The number of aliphatic hydroxyl groups excluding tert-OH is 1. The van der Waals surface area contributed by atoms with Gasteiger partial charge in [-0.05, 0) is 47.0 Å². The molecule has 0 aromatic carbocycles. The van der Waals surface area contributed by atoms with E-state index >= 15 is 0 Å². The number of carbonyl (C=O) groups excluding carboxylic acids is 2. The summed E-state index contributed by atoms with van der Waals surface area (Å²) in [7, 11) is 0. The molecule has 0 aromatic heterocycles. The molecule has 0 aromatic rings. The molecule has 1 amide bonds. The zero-order valence-corrected chi connectivity index (χ0v) is 14.1. The van der Waals surface area contributed by atoms with E-state index in [4.69, 9.17) is 4.74 Å². The first-order valence-electron chi connectivity index (χ1n) is 7.21. The predicted molar refractivity (Wildman–Crippen MR) is 79.9 cm³/mol. The van der Waals surface area contributed by atoms with E-state index in [0.717, 1.165) is 0 Å². The molecular formula is C15H29NO5. The van der Waals surface area contributed by atoms with Gasteiger partial charge in [-0.2, -0.15) is 0 Å². The largest absolute Gasteiger partial charge is 0.444 e. The van der Waals surface area contributed by atoms with Crippen LogP contribution in [0.4, 0.5) is 4.79 Å². The summed E-state index contributed by atoms with van der Waals surface area (Å²) in [4.78, 5) is 24.2. The van der Waals surface area contributed by atoms with Gasteiger partial charge in [0, 0.05) is 0 Å². The Bertz CT molecular complexity index is 369. The topological polar surface area (TPSA) is 95.9 Å². The zero-order chi connectivity index (χ0) is 17.0. The second-order valence-corrected chi connectivity index (χ2v) is 7.02. The third kappa shape index (κ3) is 6.91. The number of amides is 1. The fraction of sp³-hybridized carbons (Fsp3) is 0.867. The predicted octanol–water partition coefficient (Wildman–Crippen LogP) is 1.63. The molecule has 0 aliphatic rings. The highest BCUT2D eigenvalue weighted by Gasteiger charge is 2.41. The van der Waals surface area contributed by atoms with Crippen LogP contribution in [0.3, 0.4) is 0 Å². The maximum atomic E-state index is 12.4. The minimum atomic E-state index is -1.92. The molecule has 0 bridgehead atoms. The molecule has 3 atom stereocenters. The lowest BCUT2D eigenvalue weighted by Gasteiger charge is -2.31. The summed E-state index contributed by atoms with van der Waals surface area (Å²) >= 11 is 0. The zero-order valence-electron chi connectivity index (χ0n) is 14.1. The van der Waals surface area contributed by atoms with Crippen LogP contribution in [0.2, 0.25) is 0 Å². The van der Waals surface area contributed by atoms with Crippen LogP contribution in [0.25, 0.3) is 0 Å². The van der Waals surface area contributed by atoms with Crippen LogP contribution in [0.5, 0.6) is 0 Å². The molecule has 0 aliphatic heterocycles. The smallest absolute Gasteiger partial charge is 0.408 e. The van der Waals surface area contributed by atoms with Crippen molar-refractivity contribution in [1.29, 1.82) is 0 Å². The number of hydrogen-bond acceptors (Lipinski definition) is 5. The van der Waals surface area contributed by atoms with Crippen molar-refractivity contribution in [3.05, 3.63) is 0 Å². The second kappa shape index (κ2) is 7.22. The Morgan fingerprint density at radius 2 is 1.62 bits per heavy atom. The van der Waals surface area contributed by atoms with Crippen LogP contribution in [-0.2, 0) is 9.53 Å². The molecule has 0 saturated heterocycles. The average Bonchev–Trinajstić information content (AvgIpc) is 2.23. The van der Waals surface area contributed by atoms with Gasteiger partial charge >= 0.3 is 6.09 Å². The lowest BCUT2D eigenvalue weighted by molar-refractivity contribution is -0.148. The number of aliphatic hydroxyl groups is 2. The molecular weight excluding hydrogens is 274 g/mol. The summed E-state index contributed by atoms with van der Waals surface area (Å²) in [5, 5.41) is 22.1. The van der Waals surface area contributed by atoms with Gasteiger partial charge in [0.1, 0.15) is 11.2 Å². The fourth-order valence-electron chi connectivity index (χ4n) is 1.71. The van der Waals surface area contributed by atoms with Gasteiger partial charge < -0.3 is 20.3 Å². The minimum Gasteiger partial charge on any atom is -0.444 e. The minimum absolute atomic E-state index is 0.124. The van der Waals surface area contributed by atoms with E-state index in [1.54, 1.807) is 20.8 Å². The van der Waals surface area contributed by atoms with Crippen molar-refractivity contribution in [2.24, 2.45) is 5.92 Å². The maximum absolute atomic E-state index is 12.4. The molecule has 0 radical (unpaired) electrons. The molecule has 0 aliphatic carbocycles. The van der Waals surface area contributed by atoms with E-state index in [1.807, 2.05) is 13.8 Å². The van der Waals surface area contributed by atoms with Crippen LogP contribution in [-0.4, -0.2) is 45.4 Å². The molecule has 21 heavy (non-hydrogen) atoms. The summed E-state index contributed by atoms with van der Waals surface area (Å²) in [6.45, 7) is 11.5. The first-order chi connectivity index (χ1) is 9.27. The molecule has 0 fully saturated rings. The third-order valence-corrected chi connectivity index (χ3v) is 3.03. The highest BCUT2D eigenvalue weighted by Crippen LogP contribution is 2.18. The van der Waals surface area contributed by atoms with Gasteiger partial charge in [0.05, 0.1) is 12.1 Å². The number of ketones is 1. The molecule has 0 spiro atoms. The summed E-state index contributed by atoms with van der Waals surface area (Å²) in [6, 6.07) is -0.913. The van der Waals surface area contributed by atoms with Gasteiger partial charge in [0.25, 0.3) is 0 Å². The summed E-state index contributed by atoms with van der Waals surface area (Å²) in [6.07, 6.45) is -1.61. The number of hydrogen-bond donors (Lipinski definition) is 3. The number of nitrogens with one attached hydrogen (secondary N) is 1. The number of Topliss-reactive ketones (excluding diaryl/α,β-unsaturated/α-hetero) is 1. The Balaban J connectivity index is 5.05. The molecule has 0 rings (SSSR count). The lowest BCUT2D eigenvalue weighted by atomic mass is 9.87. The molecule has 124 valence electrons. The summed E-state index contributed by atoms with van der Waals surface area (Å²) in [5.41, 5.74) is -2.60. The van der Waals surface area contributed by atoms with Crippen molar-refractivity contribution < 1.29 is 24.5 Å². The van der Waals surface area contributed by atoms with Gasteiger partial charge in [-0.1, -0.05) is 13.8 Å². The van der Waals surface area contributed by atoms with Gasteiger partial charge in [0.15, 0.2) is 5.78 Å². The normalized spacial score (nSPS) is 17.8. The Hall–Kier alpha value is -1.14. The molecule has 0 saturated carbocycles. The Morgan fingerprint density at radius 1 is 1.14 bits per heavy atom. The monoisotopic (exact) mass is 303 g/mol. The van der Waals surface area contributed by atoms with E-state index in [9.17, 15) is 19.8 Å². The first-order valence-corrected chi connectivity index (χ1v) is 7.21. The molecule has 0 unspecified atom stereocenters. The van der Waals surface area contributed by atoms with E-state index in [1.165, 1.54) is 13.8 Å². The lowest BCUT2D eigenvalue weighted by Crippen LogP contribution is -2.56. The van der Waals surface area contributed by atoms with Crippen LogP contribution in [0.15, 0.2) is 0 Å². The van der Waals surface area contributed by atoms with Crippen LogP contribution >= 0.6 is 0 Å². The summed E-state index contributed by atoms with van der Waals surface area (Å²) < 4.78 is 5.13. The van der Waals surface area contributed by atoms with Crippen molar-refractivity contribution in [1.82, 2.24) is 5.32 Å². The maximum Gasteiger partial charge on any atom is 0.408 e. The average molecular weight is 303 g/mol. The van der Waals surface area contributed by atoms with Crippen molar-refractivity contribution in [2.45, 2.75) is 78.2 Å². The standard InChI is InChI=1S/C15H29NO5/c1-9(2)8-11(12(18)15(7,20)10(3)17)16-13(19)21-14(4,5)6/h9-11,17,20H,8H2,1-7H3,(H,16,19)/t10-,11-,15+/m0/s1. The highest BCUT2D eigenvalue weighted by atomic mass is 16.6. The van der Waals surface area contributed by atoms with Gasteiger partial charge in [-0.3, -0.25) is 4.79 Å². The SMILES string of the molecule is CC(C)C[C@H](NC(=O)OC(C)(C)C)C(=O)[C@](C)(O)[C@H](C)O. The number of carbonyl (C=O) groups is 2. The van der Waals surface area contributed by atoms with E-state index < -0.39 is 35.2 Å².